The summed E-state index contributed by atoms with van der Waals surface area (Å²) in [4.78, 5) is 26.9. The molecule has 3 fully saturated rings. The van der Waals surface area contributed by atoms with E-state index in [0.717, 1.165) is 30.2 Å². The van der Waals surface area contributed by atoms with E-state index in [1.807, 2.05) is 41.3 Å². The molecule has 1 aromatic rings. The lowest BCUT2D eigenvalue weighted by atomic mass is 9.94. The quantitative estimate of drug-likeness (QED) is 0.799. The maximum Gasteiger partial charge on any atom is 0.246 e. The number of nitrogens with one attached hydrogen (secondary N) is 1. The highest BCUT2D eigenvalue weighted by Crippen LogP contribution is 2.44. The monoisotopic (exact) mass is 352 g/mol. The van der Waals surface area contributed by atoms with Crippen molar-refractivity contribution in [3.8, 4) is 0 Å². The fourth-order valence-corrected chi connectivity index (χ4v) is 4.01. The van der Waals surface area contributed by atoms with Gasteiger partial charge in [0, 0.05) is 31.1 Å². The first-order chi connectivity index (χ1) is 12.7. The van der Waals surface area contributed by atoms with Crippen molar-refractivity contribution in [2.24, 2.45) is 17.8 Å². The largest absolute Gasteiger partial charge is 0.353 e. The van der Waals surface area contributed by atoms with Crippen LogP contribution in [0.2, 0.25) is 0 Å². The second kappa shape index (κ2) is 7.65. The van der Waals surface area contributed by atoms with Crippen LogP contribution >= 0.6 is 0 Å². The van der Waals surface area contributed by atoms with Gasteiger partial charge in [-0.1, -0.05) is 30.3 Å². The lowest BCUT2D eigenvalue weighted by Gasteiger charge is -2.31. The minimum atomic E-state index is 0.0431. The molecular formula is C22H28N2O2. The highest BCUT2D eigenvalue weighted by molar-refractivity contribution is 5.92. The molecule has 0 radical (unpaired) electrons. The van der Waals surface area contributed by atoms with Gasteiger partial charge >= 0.3 is 0 Å². The van der Waals surface area contributed by atoms with Crippen LogP contribution in [0, 0.1) is 17.8 Å². The molecule has 1 N–H and O–H groups in total. The SMILES string of the molecule is O=C(NC(C1CC1)C1CC1)C1CCN(C(=O)/C=C/c2ccccc2)CC1. The van der Waals surface area contributed by atoms with E-state index in [9.17, 15) is 9.59 Å². The van der Waals surface area contributed by atoms with Crippen LogP contribution in [0.4, 0.5) is 0 Å². The Bertz CT molecular complexity index is 657. The Hall–Kier alpha value is -2.10. The van der Waals surface area contributed by atoms with Crippen LogP contribution in [0.5, 0.6) is 0 Å². The normalized spacial score (nSPS) is 21.3. The standard InChI is InChI=1S/C22H28N2O2/c25-20(11-6-16-4-2-1-3-5-16)24-14-12-19(13-15-24)22(26)23-21(17-7-8-17)18-9-10-18/h1-6,11,17-19,21H,7-10,12-15H2,(H,23,26)/b11-6+. The highest BCUT2D eigenvalue weighted by Gasteiger charge is 2.43. The van der Waals surface area contributed by atoms with Crippen molar-refractivity contribution in [3.63, 3.8) is 0 Å². The molecule has 1 heterocycles. The minimum Gasteiger partial charge on any atom is -0.353 e. The molecule has 2 amide bonds. The van der Waals surface area contributed by atoms with Gasteiger partial charge in [0.2, 0.25) is 11.8 Å². The summed E-state index contributed by atoms with van der Waals surface area (Å²) in [7, 11) is 0. The third kappa shape index (κ3) is 4.35. The van der Waals surface area contributed by atoms with E-state index in [2.05, 4.69) is 5.32 Å². The molecule has 3 aliphatic rings. The Balaban J connectivity index is 1.25. The smallest absolute Gasteiger partial charge is 0.246 e. The first kappa shape index (κ1) is 17.3. The van der Waals surface area contributed by atoms with Crippen molar-refractivity contribution in [1.82, 2.24) is 10.2 Å². The number of benzene rings is 1. The molecule has 1 aliphatic heterocycles. The Labute approximate surface area is 155 Å². The van der Waals surface area contributed by atoms with Crippen molar-refractivity contribution in [2.45, 2.75) is 44.6 Å². The molecule has 0 spiro atoms. The predicted molar refractivity (Wildman–Crippen MR) is 102 cm³/mol. The van der Waals surface area contributed by atoms with Crippen molar-refractivity contribution >= 4 is 17.9 Å². The molecular weight excluding hydrogens is 324 g/mol. The van der Waals surface area contributed by atoms with E-state index in [-0.39, 0.29) is 17.7 Å². The van der Waals surface area contributed by atoms with E-state index >= 15 is 0 Å². The maximum atomic E-state index is 12.6. The molecule has 138 valence electrons. The summed E-state index contributed by atoms with van der Waals surface area (Å²) in [6.45, 7) is 1.35. The summed E-state index contributed by atoms with van der Waals surface area (Å²) in [5.41, 5.74) is 1.03. The summed E-state index contributed by atoms with van der Waals surface area (Å²) in [5, 5.41) is 3.34. The minimum absolute atomic E-state index is 0.0431. The van der Waals surface area contributed by atoms with Crippen molar-refractivity contribution < 1.29 is 9.59 Å². The zero-order valence-electron chi connectivity index (χ0n) is 15.3. The number of nitrogens with zero attached hydrogens (tertiary/aromatic N) is 1. The van der Waals surface area contributed by atoms with Gasteiger partial charge in [-0.05, 0) is 62.0 Å². The van der Waals surface area contributed by atoms with Gasteiger partial charge in [-0.2, -0.15) is 0 Å². The lowest BCUT2D eigenvalue weighted by molar-refractivity contribution is -0.132. The van der Waals surface area contributed by atoms with Gasteiger partial charge < -0.3 is 10.2 Å². The fraction of sp³-hybridized carbons (Fsp3) is 0.545. The number of hydrogen-bond donors (Lipinski definition) is 1. The average molecular weight is 352 g/mol. The number of piperidine rings is 1. The first-order valence-corrected chi connectivity index (χ1v) is 10.0. The number of carbonyl (C=O) groups is 2. The molecule has 0 aromatic heterocycles. The summed E-state index contributed by atoms with van der Waals surface area (Å²) < 4.78 is 0. The van der Waals surface area contributed by atoms with Gasteiger partial charge in [-0.25, -0.2) is 0 Å². The first-order valence-electron chi connectivity index (χ1n) is 10.0. The average Bonchev–Trinajstić information content (AvgIpc) is 3.58. The Morgan fingerprint density at radius 3 is 2.15 bits per heavy atom. The molecule has 1 saturated heterocycles. The number of carbonyl (C=O) groups excluding carboxylic acids is 2. The third-order valence-electron chi connectivity index (χ3n) is 5.96. The van der Waals surface area contributed by atoms with Gasteiger partial charge in [-0.15, -0.1) is 0 Å². The van der Waals surface area contributed by atoms with Crippen LogP contribution in [-0.2, 0) is 9.59 Å². The van der Waals surface area contributed by atoms with Gasteiger partial charge in [0.05, 0.1) is 0 Å². The molecule has 0 atom stereocenters. The molecule has 0 bridgehead atoms. The predicted octanol–water partition coefficient (Wildman–Crippen LogP) is 3.24. The van der Waals surface area contributed by atoms with Crippen LogP contribution in [0.15, 0.2) is 36.4 Å². The van der Waals surface area contributed by atoms with Gasteiger partial charge in [-0.3, -0.25) is 9.59 Å². The van der Waals surface area contributed by atoms with Crippen LogP contribution < -0.4 is 5.32 Å². The van der Waals surface area contributed by atoms with Crippen molar-refractivity contribution in [2.75, 3.05) is 13.1 Å². The molecule has 1 aromatic carbocycles. The fourth-order valence-electron chi connectivity index (χ4n) is 4.01. The number of rotatable bonds is 6. The van der Waals surface area contributed by atoms with E-state index in [4.69, 9.17) is 0 Å². The summed E-state index contributed by atoms with van der Waals surface area (Å²) in [6, 6.07) is 10.3. The van der Waals surface area contributed by atoms with Gasteiger partial charge in [0.15, 0.2) is 0 Å². The number of amides is 2. The summed E-state index contributed by atoms with van der Waals surface area (Å²) >= 11 is 0. The highest BCUT2D eigenvalue weighted by atomic mass is 16.2. The molecule has 2 saturated carbocycles. The van der Waals surface area contributed by atoms with Crippen molar-refractivity contribution in [3.05, 3.63) is 42.0 Å². The van der Waals surface area contributed by atoms with Gasteiger partial charge in [0.25, 0.3) is 0 Å². The molecule has 4 rings (SSSR count). The Morgan fingerprint density at radius 1 is 0.962 bits per heavy atom. The number of hydrogen-bond acceptors (Lipinski definition) is 2. The van der Waals surface area contributed by atoms with Crippen LogP contribution in [0.3, 0.4) is 0 Å². The second-order valence-corrected chi connectivity index (χ2v) is 8.05. The van der Waals surface area contributed by atoms with E-state index in [1.165, 1.54) is 25.7 Å². The van der Waals surface area contributed by atoms with E-state index in [0.29, 0.717) is 19.1 Å². The molecule has 4 heteroatoms. The van der Waals surface area contributed by atoms with Crippen LogP contribution in [-0.4, -0.2) is 35.8 Å². The van der Waals surface area contributed by atoms with Crippen LogP contribution in [0.1, 0.15) is 44.1 Å². The zero-order valence-corrected chi connectivity index (χ0v) is 15.3. The van der Waals surface area contributed by atoms with E-state index < -0.39 is 0 Å². The lowest BCUT2D eigenvalue weighted by Crippen LogP contribution is -2.46. The third-order valence-corrected chi connectivity index (χ3v) is 5.96. The molecule has 26 heavy (non-hydrogen) atoms. The Kier molecular flexibility index (Phi) is 5.09. The zero-order chi connectivity index (χ0) is 17.9. The molecule has 2 aliphatic carbocycles. The second-order valence-electron chi connectivity index (χ2n) is 8.05. The van der Waals surface area contributed by atoms with E-state index in [1.54, 1.807) is 6.08 Å². The Morgan fingerprint density at radius 2 is 1.58 bits per heavy atom. The topological polar surface area (TPSA) is 49.4 Å². The summed E-state index contributed by atoms with van der Waals surface area (Å²) in [6.07, 6.45) is 10.2. The molecule has 0 unspecified atom stereocenters. The van der Waals surface area contributed by atoms with Crippen molar-refractivity contribution in [1.29, 1.82) is 0 Å². The number of likely N-dealkylation sites (tertiary alicyclic amines) is 1. The summed E-state index contributed by atoms with van der Waals surface area (Å²) in [5.74, 6) is 1.80. The molecule has 4 nitrogen and oxygen atoms in total. The van der Waals surface area contributed by atoms with Gasteiger partial charge in [0.1, 0.15) is 0 Å². The maximum absolute atomic E-state index is 12.6. The van der Waals surface area contributed by atoms with Crippen LogP contribution in [0.25, 0.3) is 6.08 Å².